The highest BCUT2D eigenvalue weighted by atomic mass is 16.5. The number of rotatable bonds is 7. The Kier molecular flexibility index (Phi) is 6.21. The summed E-state index contributed by atoms with van der Waals surface area (Å²) in [5, 5.41) is 13.3. The van der Waals surface area contributed by atoms with Crippen LogP contribution < -0.4 is 15.2 Å². The molecule has 0 saturated heterocycles. The molecule has 5 heteroatoms. The second-order valence-corrected chi connectivity index (χ2v) is 5.62. The molecule has 0 spiro atoms. The summed E-state index contributed by atoms with van der Waals surface area (Å²) in [5.41, 5.74) is 1.18. The van der Waals surface area contributed by atoms with Crippen molar-refractivity contribution < 1.29 is 19.4 Å². The van der Waals surface area contributed by atoms with Gasteiger partial charge >= 0.3 is 0 Å². The van der Waals surface area contributed by atoms with Crippen LogP contribution in [0.3, 0.4) is 0 Å². The summed E-state index contributed by atoms with van der Waals surface area (Å²) in [5.74, 6) is -1.02. The van der Waals surface area contributed by atoms with E-state index in [4.69, 9.17) is 4.74 Å². The first-order chi connectivity index (χ1) is 9.81. The quantitative estimate of drug-likeness (QED) is 0.815. The Bertz CT molecular complexity index is 480. The van der Waals surface area contributed by atoms with Crippen molar-refractivity contribution in [3.8, 4) is 5.75 Å². The summed E-state index contributed by atoms with van der Waals surface area (Å²) in [7, 11) is 0. The Morgan fingerprint density at radius 2 is 1.71 bits per heavy atom. The zero-order valence-corrected chi connectivity index (χ0v) is 12.9. The predicted molar refractivity (Wildman–Crippen MR) is 77.8 cm³/mol. The van der Waals surface area contributed by atoms with Gasteiger partial charge in [0.1, 0.15) is 5.75 Å². The average Bonchev–Trinajstić information content (AvgIpc) is 2.42. The van der Waals surface area contributed by atoms with E-state index in [1.165, 1.54) is 5.56 Å². The number of amides is 1. The molecule has 0 aliphatic carbocycles. The van der Waals surface area contributed by atoms with Crippen molar-refractivity contribution in [3.63, 3.8) is 0 Å². The van der Waals surface area contributed by atoms with Crippen molar-refractivity contribution in [2.24, 2.45) is 5.92 Å². The third kappa shape index (κ3) is 5.45. The average molecular weight is 292 g/mol. The molecule has 1 aromatic carbocycles. The van der Waals surface area contributed by atoms with E-state index in [0.29, 0.717) is 11.7 Å². The first kappa shape index (κ1) is 17.0. The van der Waals surface area contributed by atoms with Gasteiger partial charge in [-0.2, -0.15) is 0 Å². The zero-order valence-electron chi connectivity index (χ0n) is 12.9. The van der Waals surface area contributed by atoms with Crippen LogP contribution in [0.1, 0.15) is 39.2 Å². The molecule has 0 saturated carbocycles. The van der Waals surface area contributed by atoms with Gasteiger partial charge < -0.3 is 20.0 Å². The summed E-state index contributed by atoms with van der Waals surface area (Å²) >= 11 is 0. The highest BCUT2D eigenvalue weighted by Crippen LogP contribution is 2.18. The van der Waals surface area contributed by atoms with Crippen LogP contribution >= 0.6 is 0 Å². The fraction of sp³-hybridized carbons (Fsp3) is 0.500. The molecular weight excluding hydrogens is 270 g/mol. The van der Waals surface area contributed by atoms with Crippen LogP contribution in [0.2, 0.25) is 0 Å². The number of hydrogen-bond acceptors (Lipinski definition) is 4. The molecule has 1 N–H and O–H groups in total. The van der Waals surface area contributed by atoms with Gasteiger partial charge in [-0.1, -0.05) is 39.8 Å². The van der Waals surface area contributed by atoms with Gasteiger partial charge in [0.25, 0.3) is 5.91 Å². The molecule has 1 atom stereocenters. The van der Waals surface area contributed by atoms with Crippen LogP contribution in [-0.2, 0) is 9.59 Å². The van der Waals surface area contributed by atoms with Gasteiger partial charge in [0, 0.05) is 0 Å². The lowest BCUT2D eigenvalue weighted by molar-refractivity contribution is -0.309. The summed E-state index contributed by atoms with van der Waals surface area (Å²) in [6, 6.07) is 6.46. The Labute approximate surface area is 125 Å². The molecule has 0 heterocycles. The summed E-state index contributed by atoms with van der Waals surface area (Å²) in [6.45, 7) is 7.36. The minimum atomic E-state index is -1.29. The van der Waals surface area contributed by atoms with Crippen LogP contribution in [0.4, 0.5) is 0 Å². The Balaban J connectivity index is 2.51. The van der Waals surface area contributed by atoms with E-state index in [9.17, 15) is 14.7 Å². The van der Waals surface area contributed by atoms with Crippen LogP contribution in [-0.4, -0.2) is 24.5 Å². The molecule has 0 radical (unpaired) electrons. The Hall–Kier alpha value is -2.04. The van der Waals surface area contributed by atoms with E-state index in [1.54, 1.807) is 26.0 Å². The molecule has 1 amide bonds. The maximum absolute atomic E-state index is 11.7. The second kappa shape index (κ2) is 7.67. The van der Waals surface area contributed by atoms with Crippen molar-refractivity contribution in [2.45, 2.75) is 39.7 Å². The van der Waals surface area contributed by atoms with E-state index in [1.807, 2.05) is 12.1 Å². The third-order valence-electron chi connectivity index (χ3n) is 3.15. The maximum Gasteiger partial charge on any atom is 0.258 e. The standard InChI is InChI=1S/C16H23NO4/c1-10(2)12-5-7-13(8-6-12)21-9-14(18)17-15(11(3)4)16(19)20/h5-8,10-11,15H,9H2,1-4H3,(H,17,18)(H,19,20)/p-1/t15-/m1/s1. The number of nitrogens with one attached hydrogen (secondary N) is 1. The smallest absolute Gasteiger partial charge is 0.258 e. The lowest BCUT2D eigenvalue weighted by Gasteiger charge is -2.23. The number of carbonyl (C=O) groups excluding carboxylic acids is 2. The first-order valence-corrected chi connectivity index (χ1v) is 7.04. The van der Waals surface area contributed by atoms with E-state index in [2.05, 4.69) is 19.2 Å². The van der Waals surface area contributed by atoms with Crippen molar-refractivity contribution in [1.82, 2.24) is 5.32 Å². The maximum atomic E-state index is 11.7. The Morgan fingerprint density at radius 1 is 1.14 bits per heavy atom. The van der Waals surface area contributed by atoms with Gasteiger partial charge in [0.2, 0.25) is 0 Å². The number of hydrogen-bond donors (Lipinski definition) is 1. The van der Waals surface area contributed by atoms with Crippen molar-refractivity contribution >= 4 is 11.9 Å². The molecule has 5 nitrogen and oxygen atoms in total. The lowest BCUT2D eigenvalue weighted by atomic mass is 10.0. The number of carboxylic acids is 1. The molecule has 1 rings (SSSR count). The molecule has 116 valence electrons. The van der Waals surface area contributed by atoms with Gasteiger partial charge in [0.05, 0.1) is 12.0 Å². The minimum absolute atomic E-state index is 0.225. The van der Waals surface area contributed by atoms with Crippen LogP contribution in [0.15, 0.2) is 24.3 Å². The van der Waals surface area contributed by atoms with E-state index < -0.39 is 17.9 Å². The second-order valence-electron chi connectivity index (χ2n) is 5.62. The molecule has 0 aliphatic rings. The zero-order chi connectivity index (χ0) is 16.0. The molecule has 0 bridgehead atoms. The highest BCUT2D eigenvalue weighted by Gasteiger charge is 2.17. The van der Waals surface area contributed by atoms with Crippen molar-refractivity contribution in [2.75, 3.05) is 6.61 Å². The lowest BCUT2D eigenvalue weighted by Crippen LogP contribution is -2.51. The normalized spacial score (nSPS) is 12.3. The van der Waals surface area contributed by atoms with Gasteiger partial charge in [-0.25, -0.2) is 0 Å². The SMILES string of the molecule is CC(C)c1ccc(OCC(=O)N[C@@H](C(=O)[O-])C(C)C)cc1. The van der Waals surface area contributed by atoms with E-state index in [-0.39, 0.29) is 12.5 Å². The number of carboxylic acid groups (broad SMARTS) is 1. The highest BCUT2D eigenvalue weighted by molar-refractivity contribution is 5.83. The van der Waals surface area contributed by atoms with Crippen LogP contribution in [0.5, 0.6) is 5.75 Å². The van der Waals surface area contributed by atoms with Gasteiger partial charge in [-0.15, -0.1) is 0 Å². The van der Waals surface area contributed by atoms with Crippen LogP contribution in [0, 0.1) is 5.92 Å². The molecule has 0 aliphatic heterocycles. The Morgan fingerprint density at radius 3 is 2.14 bits per heavy atom. The molecule has 21 heavy (non-hydrogen) atoms. The van der Waals surface area contributed by atoms with Gasteiger partial charge in [-0.3, -0.25) is 4.79 Å². The minimum Gasteiger partial charge on any atom is -0.548 e. The van der Waals surface area contributed by atoms with Crippen LogP contribution in [0.25, 0.3) is 0 Å². The molecular formula is C16H22NO4-. The molecule has 0 fully saturated rings. The predicted octanol–water partition coefficient (Wildman–Crippen LogP) is 1.08. The fourth-order valence-electron chi connectivity index (χ4n) is 1.81. The number of ether oxygens (including phenoxy) is 1. The van der Waals surface area contributed by atoms with E-state index in [0.717, 1.165) is 0 Å². The largest absolute Gasteiger partial charge is 0.548 e. The van der Waals surface area contributed by atoms with Gasteiger partial charge in [-0.05, 0) is 29.5 Å². The number of carbonyl (C=O) groups is 2. The number of benzene rings is 1. The van der Waals surface area contributed by atoms with E-state index >= 15 is 0 Å². The number of aliphatic carboxylic acids is 1. The molecule has 1 aromatic rings. The summed E-state index contributed by atoms with van der Waals surface area (Å²) in [6.07, 6.45) is 0. The monoisotopic (exact) mass is 292 g/mol. The third-order valence-corrected chi connectivity index (χ3v) is 3.15. The topological polar surface area (TPSA) is 78.5 Å². The summed E-state index contributed by atoms with van der Waals surface area (Å²) in [4.78, 5) is 22.6. The van der Waals surface area contributed by atoms with Gasteiger partial charge in [0.15, 0.2) is 6.61 Å². The fourth-order valence-corrected chi connectivity index (χ4v) is 1.81. The molecule has 0 unspecified atom stereocenters. The van der Waals surface area contributed by atoms with Crippen molar-refractivity contribution in [3.05, 3.63) is 29.8 Å². The van der Waals surface area contributed by atoms with Crippen molar-refractivity contribution in [1.29, 1.82) is 0 Å². The molecule has 0 aromatic heterocycles. The first-order valence-electron chi connectivity index (χ1n) is 7.04. The summed E-state index contributed by atoms with van der Waals surface area (Å²) < 4.78 is 5.34.